The monoisotopic (exact) mass is 383 g/mol. The van der Waals surface area contributed by atoms with Gasteiger partial charge in [-0.25, -0.2) is 9.59 Å². The average molecular weight is 383 g/mol. The molecule has 0 spiro atoms. The Morgan fingerprint density at radius 3 is 2.59 bits per heavy atom. The molecule has 1 saturated heterocycles. The molecule has 1 fully saturated rings. The first kappa shape index (κ1) is 21.3. The molecule has 1 aliphatic heterocycles. The summed E-state index contributed by atoms with van der Waals surface area (Å²) >= 11 is 0. The number of hydrogen-bond donors (Lipinski definition) is 2. The molecule has 1 aromatic heterocycles. The molecule has 0 aromatic carbocycles. The SMILES string of the molecule is CCC[C@@]1(CO)CN(CCn2nc(C(=O)OC)cc2C(=O)OC)CC[C@H]1O. The first-order valence-corrected chi connectivity index (χ1v) is 9.16. The van der Waals surface area contributed by atoms with E-state index in [-0.39, 0.29) is 18.0 Å². The molecule has 0 saturated carbocycles. The maximum absolute atomic E-state index is 12.0. The van der Waals surface area contributed by atoms with E-state index >= 15 is 0 Å². The second-order valence-corrected chi connectivity index (χ2v) is 6.97. The number of ether oxygens (including phenoxy) is 2. The van der Waals surface area contributed by atoms with Gasteiger partial charge in [0.15, 0.2) is 5.69 Å². The van der Waals surface area contributed by atoms with E-state index in [0.29, 0.717) is 32.6 Å². The number of piperidine rings is 1. The van der Waals surface area contributed by atoms with Gasteiger partial charge in [0.1, 0.15) is 5.69 Å². The zero-order valence-electron chi connectivity index (χ0n) is 16.2. The number of aliphatic hydroxyl groups excluding tert-OH is 2. The van der Waals surface area contributed by atoms with Crippen molar-refractivity contribution in [2.45, 2.75) is 38.8 Å². The molecule has 9 heteroatoms. The minimum absolute atomic E-state index is 0.0441. The molecule has 27 heavy (non-hydrogen) atoms. The van der Waals surface area contributed by atoms with E-state index in [1.54, 1.807) is 0 Å². The van der Waals surface area contributed by atoms with Crippen molar-refractivity contribution >= 4 is 11.9 Å². The van der Waals surface area contributed by atoms with Gasteiger partial charge in [-0.2, -0.15) is 5.10 Å². The molecule has 0 radical (unpaired) electrons. The summed E-state index contributed by atoms with van der Waals surface area (Å²) in [5, 5.41) is 24.4. The van der Waals surface area contributed by atoms with Gasteiger partial charge in [0.2, 0.25) is 0 Å². The minimum atomic E-state index is -0.623. The summed E-state index contributed by atoms with van der Waals surface area (Å²) in [5.41, 5.74) is -0.306. The lowest BCUT2D eigenvalue weighted by Gasteiger charge is -2.45. The molecule has 2 heterocycles. The molecule has 2 N–H and O–H groups in total. The first-order valence-electron chi connectivity index (χ1n) is 9.16. The molecule has 1 aliphatic rings. The smallest absolute Gasteiger partial charge is 0.358 e. The first-order chi connectivity index (χ1) is 12.9. The number of aliphatic hydroxyl groups is 2. The van der Waals surface area contributed by atoms with Crippen LogP contribution in [0.1, 0.15) is 47.2 Å². The molecular formula is C18H29N3O6. The standard InChI is InChI=1S/C18H29N3O6/c1-4-6-18(12-22)11-20(7-5-15(18)23)8-9-21-14(17(25)27-3)10-13(19-21)16(24)26-2/h10,15,22-23H,4-9,11-12H2,1-3H3/t15-,18+/m1/s1. The molecule has 0 amide bonds. The predicted octanol–water partition coefficient (Wildman–Crippen LogP) is 0.302. The lowest BCUT2D eigenvalue weighted by Crippen LogP contribution is -2.54. The summed E-state index contributed by atoms with van der Waals surface area (Å²) in [6.07, 6.45) is 1.67. The Hall–Kier alpha value is -1.97. The second kappa shape index (κ2) is 9.29. The van der Waals surface area contributed by atoms with Crippen LogP contribution in [0.3, 0.4) is 0 Å². The molecule has 9 nitrogen and oxygen atoms in total. The lowest BCUT2D eigenvalue weighted by molar-refractivity contribution is -0.0805. The van der Waals surface area contributed by atoms with Crippen LogP contribution >= 0.6 is 0 Å². The Labute approximate surface area is 158 Å². The number of rotatable bonds is 8. The number of carbonyl (C=O) groups excluding carboxylic acids is 2. The normalized spacial score (nSPS) is 23.2. The molecule has 152 valence electrons. The van der Waals surface area contributed by atoms with Gasteiger partial charge >= 0.3 is 11.9 Å². The number of hydrogen-bond acceptors (Lipinski definition) is 8. The summed E-state index contributed by atoms with van der Waals surface area (Å²) in [6.45, 7) is 4.14. The highest BCUT2D eigenvalue weighted by atomic mass is 16.5. The zero-order chi connectivity index (χ0) is 20.0. The topological polar surface area (TPSA) is 114 Å². The Kier molecular flexibility index (Phi) is 7.34. The van der Waals surface area contributed by atoms with Crippen LogP contribution in [0.15, 0.2) is 6.07 Å². The maximum atomic E-state index is 12.0. The van der Waals surface area contributed by atoms with E-state index < -0.39 is 23.5 Å². The van der Waals surface area contributed by atoms with Crippen molar-refractivity contribution in [3.63, 3.8) is 0 Å². The minimum Gasteiger partial charge on any atom is -0.464 e. The molecule has 1 aromatic rings. The molecular weight excluding hydrogens is 354 g/mol. The number of methoxy groups -OCH3 is 2. The number of likely N-dealkylation sites (tertiary alicyclic amines) is 1. The Morgan fingerprint density at radius 2 is 2.00 bits per heavy atom. The van der Waals surface area contributed by atoms with Crippen molar-refractivity contribution in [3.05, 3.63) is 17.5 Å². The van der Waals surface area contributed by atoms with E-state index in [0.717, 1.165) is 12.8 Å². The third kappa shape index (κ3) is 4.66. The van der Waals surface area contributed by atoms with Gasteiger partial charge in [-0.15, -0.1) is 0 Å². The van der Waals surface area contributed by atoms with Crippen LogP contribution in [0.2, 0.25) is 0 Å². The third-order valence-corrected chi connectivity index (χ3v) is 5.22. The van der Waals surface area contributed by atoms with Gasteiger partial charge in [-0.1, -0.05) is 13.3 Å². The van der Waals surface area contributed by atoms with Gasteiger partial charge in [0, 0.05) is 31.1 Å². The van der Waals surface area contributed by atoms with Gasteiger partial charge in [-0.05, 0) is 12.8 Å². The number of carbonyl (C=O) groups is 2. The Morgan fingerprint density at radius 1 is 1.30 bits per heavy atom. The second-order valence-electron chi connectivity index (χ2n) is 6.97. The van der Waals surface area contributed by atoms with Crippen LogP contribution < -0.4 is 0 Å². The largest absolute Gasteiger partial charge is 0.464 e. The zero-order valence-corrected chi connectivity index (χ0v) is 16.2. The quantitative estimate of drug-likeness (QED) is 0.616. The van der Waals surface area contributed by atoms with Crippen LogP contribution in [0.4, 0.5) is 0 Å². The van der Waals surface area contributed by atoms with Crippen LogP contribution in [0.25, 0.3) is 0 Å². The van der Waals surface area contributed by atoms with E-state index in [4.69, 9.17) is 4.74 Å². The van der Waals surface area contributed by atoms with Gasteiger partial charge in [-0.3, -0.25) is 4.68 Å². The summed E-state index contributed by atoms with van der Waals surface area (Å²) in [7, 11) is 2.52. The third-order valence-electron chi connectivity index (χ3n) is 5.22. The van der Waals surface area contributed by atoms with E-state index in [1.807, 2.05) is 6.92 Å². The van der Waals surface area contributed by atoms with E-state index in [2.05, 4.69) is 14.7 Å². The van der Waals surface area contributed by atoms with Crippen molar-refractivity contribution < 1.29 is 29.3 Å². The van der Waals surface area contributed by atoms with E-state index in [1.165, 1.54) is 25.0 Å². The summed E-state index contributed by atoms with van der Waals surface area (Å²) in [5.74, 6) is -1.20. The Balaban J connectivity index is 2.12. The molecule has 2 atom stereocenters. The van der Waals surface area contributed by atoms with E-state index in [9.17, 15) is 19.8 Å². The van der Waals surface area contributed by atoms with Crippen molar-refractivity contribution in [3.8, 4) is 0 Å². The number of aromatic nitrogens is 2. The fraction of sp³-hybridized carbons (Fsp3) is 0.722. The van der Waals surface area contributed by atoms with Crippen molar-refractivity contribution in [2.24, 2.45) is 5.41 Å². The summed E-state index contributed by atoms with van der Waals surface area (Å²) in [4.78, 5) is 25.8. The van der Waals surface area contributed by atoms with Crippen LogP contribution in [-0.2, 0) is 16.0 Å². The Bertz CT molecular complexity index is 662. The van der Waals surface area contributed by atoms with Gasteiger partial charge < -0.3 is 24.6 Å². The number of esters is 2. The number of nitrogens with zero attached hydrogens (tertiary/aromatic N) is 3. The molecule has 2 rings (SSSR count). The molecule has 0 aliphatic carbocycles. The van der Waals surface area contributed by atoms with Crippen molar-refractivity contribution in [1.29, 1.82) is 0 Å². The van der Waals surface area contributed by atoms with Crippen LogP contribution in [0.5, 0.6) is 0 Å². The van der Waals surface area contributed by atoms with Crippen molar-refractivity contribution in [2.75, 3.05) is 40.5 Å². The average Bonchev–Trinajstić information content (AvgIpc) is 3.11. The highest BCUT2D eigenvalue weighted by Gasteiger charge is 2.41. The molecule has 0 bridgehead atoms. The van der Waals surface area contributed by atoms with Crippen LogP contribution in [0, 0.1) is 5.41 Å². The fourth-order valence-electron chi connectivity index (χ4n) is 3.71. The highest BCUT2D eigenvalue weighted by molar-refractivity contribution is 5.93. The van der Waals surface area contributed by atoms with Crippen molar-refractivity contribution in [1.82, 2.24) is 14.7 Å². The summed E-state index contributed by atoms with van der Waals surface area (Å²) in [6, 6.07) is 1.35. The highest BCUT2D eigenvalue weighted by Crippen LogP contribution is 2.34. The fourth-order valence-corrected chi connectivity index (χ4v) is 3.71. The molecule has 0 unspecified atom stereocenters. The maximum Gasteiger partial charge on any atom is 0.358 e. The predicted molar refractivity (Wildman–Crippen MR) is 96.4 cm³/mol. The van der Waals surface area contributed by atoms with Gasteiger partial charge in [0.05, 0.1) is 33.5 Å². The lowest BCUT2D eigenvalue weighted by atomic mass is 9.74. The van der Waals surface area contributed by atoms with Crippen LogP contribution in [-0.4, -0.2) is 83.4 Å². The summed E-state index contributed by atoms with van der Waals surface area (Å²) < 4.78 is 10.9. The van der Waals surface area contributed by atoms with Gasteiger partial charge in [0.25, 0.3) is 0 Å².